The predicted octanol–water partition coefficient (Wildman–Crippen LogP) is 3.63. The third-order valence-corrected chi connectivity index (χ3v) is 3.08. The van der Waals surface area contributed by atoms with E-state index in [2.05, 4.69) is 0 Å². The second-order valence-electron chi connectivity index (χ2n) is 4.39. The van der Waals surface area contributed by atoms with E-state index in [1.807, 2.05) is 24.3 Å². The van der Waals surface area contributed by atoms with Crippen LogP contribution in [0.15, 0.2) is 36.4 Å². The Morgan fingerprint density at radius 3 is 2.05 bits per heavy atom. The van der Waals surface area contributed by atoms with E-state index in [-0.39, 0.29) is 0 Å². The minimum absolute atomic E-state index is 0.506. The molecule has 2 aromatic rings. The lowest BCUT2D eigenvalue weighted by Crippen LogP contribution is -1.97. The third kappa shape index (κ3) is 3.12. The lowest BCUT2D eigenvalue weighted by molar-refractivity contribution is 0.414. The molecule has 2 aromatic carbocycles. The van der Waals surface area contributed by atoms with Gasteiger partial charge in [0.15, 0.2) is 0 Å². The Kier molecular flexibility index (Phi) is 4.31. The van der Waals surface area contributed by atoms with Crippen LogP contribution < -0.4 is 4.74 Å². The molecule has 0 radical (unpaired) electrons. The first kappa shape index (κ1) is 14.0. The van der Waals surface area contributed by atoms with Crippen LogP contribution in [0.5, 0.6) is 5.75 Å². The van der Waals surface area contributed by atoms with Crippen LogP contribution >= 0.6 is 0 Å². The van der Waals surface area contributed by atoms with Gasteiger partial charge in [-0.05, 0) is 48.2 Å². The Balaban J connectivity index is 2.09. The topological polar surface area (TPSA) is 33.0 Å². The second kappa shape index (κ2) is 6.16. The largest absolute Gasteiger partial charge is 0.497 e. The number of hydrogen-bond acceptors (Lipinski definition) is 2. The Hall–Kier alpha value is -2.41. The molecule has 0 bridgehead atoms. The summed E-state index contributed by atoms with van der Waals surface area (Å²) in [5, 5.41) is 8.61. The van der Waals surface area contributed by atoms with Crippen molar-refractivity contribution < 1.29 is 13.5 Å². The molecule has 102 valence electrons. The fourth-order valence-electron chi connectivity index (χ4n) is 1.96. The minimum atomic E-state index is -0.808. The van der Waals surface area contributed by atoms with Crippen molar-refractivity contribution in [1.82, 2.24) is 0 Å². The molecule has 0 unspecified atom stereocenters. The van der Waals surface area contributed by atoms with Crippen LogP contribution in [-0.4, -0.2) is 7.11 Å². The molecule has 0 aliphatic carbocycles. The zero-order chi connectivity index (χ0) is 14.5. The van der Waals surface area contributed by atoms with E-state index in [9.17, 15) is 8.78 Å². The molecular formula is C16H13F2NO. The maximum absolute atomic E-state index is 13.5. The Morgan fingerprint density at radius 1 is 1.00 bits per heavy atom. The van der Waals surface area contributed by atoms with Gasteiger partial charge in [0.05, 0.1) is 7.11 Å². The van der Waals surface area contributed by atoms with E-state index in [1.165, 1.54) is 18.2 Å². The van der Waals surface area contributed by atoms with Gasteiger partial charge >= 0.3 is 0 Å². The molecule has 0 heterocycles. The fourth-order valence-corrected chi connectivity index (χ4v) is 1.96. The van der Waals surface area contributed by atoms with Gasteiger partial charge in [-0.15, -0.1) is 0 Å². The molecule has 2 rings (SSSR count). The van der Waals surface area contributed by atoms with Crippen molar-refractivity contribution in [1.29, 1.82) is 5.26 Å². The summed E-state index contributed by atoms with van der Waals surface area (Å²) >= 11 is 0. The first-order valence-corrected chi connectivity index (χ1v) is 6.15. The normalized spacial score (nSPS) is 10.1. The lowest BCUT2D eigenvalue weighted by Gasteiger charge is -2.05. The molecular weight excluding hydrogens is 260 g/mol. The fraction of sp³-hybridized carbons (Fsp3) is 0.188. The summed E-state index contributed by atoms with van der Waals surface area (Å²) in [5.41, 5.74) is 1.06. The second-order valence-corrected chi connectivity index (χ2v) is 4.39. The highest BCUT2D eigenvalue weighted by molar-refractivity contribution is 5.35. The van der Waals surface area contributed by atoms with Crippen LogP contribution in [0.2, 0.25) is 0 Å². The lowest BCUT2D eigenvalue weighted by atomic mass is 10.0. The number of rotatable bonds is 4. The van der Waals surface area contributed by atoms with Crippen molar-refractivity contribution in [2.75, 3.05) is 7.11 Å². The summed E-state index contributed by atoms with van der Waals surface area (Å²) < 4.78 is 32.0. The van der Waals surface area contributed by atoms with E-state index in [0.717, 1.165) is 11.3 Å². The van der Waals surface area contributed by atoms with Gasteiger partial charge in [0.25, 0.3) is 0 Å². The number of aryl methyl sites for hydroxylation is 2. The smallest absolute Gasteiger partial charge is 0.144 e. The Morgan fingerprint density at radius 2 is 1.55 bits per heavy atom. The van der Waals surface area contributed by atoms with Gasteiger partial charge < -0.3 is 4.74 Å². The average molecular weight is 273 g/mol. The molecule has 4 heteroatoms. The zero-order valence-electron chi connectivity index (χ0n) is 11.0. The van der Waals surface area contributed by atoms with E-state index in [1.54, 1.807) is 7.11 Å². The molecule has 2 nitrogen and oxygen atoms in total. The van der Waals surface area contributed by atoms with Crippen LogP contribution in [0, 0.1) is 23.0 Å². The van der Waals surface area contributed by atoms with Gasteiger partial charge in [0.2, 0.25) is 0 Å². The van der Waals surface area contributed by atoms with E-state index in [0.29, 0.717) is 18.4 Å². The number of nitrogens with zero attached hydrogens (tertiary/aromatic N) is 1. The highest BCUT2D eigenvalue weighted by Gasteiger charge is 2.10. The molecule has 0 aliphatic rings. The SMILES string of the molecule is COc1ccc(CCc2cc(F)c(C#N)c(F)c2)cc1. The van der Waals surface area contributed by atoms with Crippen molar-refractivity contribution in [2.24, 2.45) is 0 Å². The summed E-state index contributed by atoms with van der Waals surface area (Å²) in [6.07, 6.45) is 1.17. The van der Waals surface area contributed by atoms with Gasteiger partial charge in [0.1, 0.15) is 29.0 Å². The molecule has 0 fully saturated rings. The van der Waals surface area contributed by atoms with Crippen molar-refractivity contribution in [2.45, 2.75) is 12.8 Å². The molecule has 0 saturated carbocycles. The number of benzene rings is 2. The summed E-state index contributed by atoms with van der Waals surface area (Å²) in [5.74, 6) is -0.848. The molecule has 0 atom stereocenters. The highest BCUT2D eigenvalue weighted by atomic mass is 19.1. The van der Waals surface area contributed by atoms with Gasteiger partial charge in [-0.3, -0.25) is 0 Å². The minimum Gasteiger partial charge on any atom is -0.497 e. The number of nitriles is 1. The summed E-state index contributed by atoms with van der Waals surface area (Å²) in [7, 11) is 1.59. The molecule has 0 amide bonds. The standard InChI is InChI=1S/C16H13F2NO/c1-20-13-6-4-11(5-7-13)2-3-12-8-15(17)14(10-19)16(18)9-12/h4-9H,2-3H2,1H3. The molecule has 0 spiro atoms. The molecule has 20 heavy (non-hydrogen) atoms. The molecule has 0 aliphatic heterocycles. The Labute approximate surface area is 116 Å². The molecule has 0 saturated heterocycles. The van der Waals surface area contributed by atoms with Crippen molar-refractivity contribution in [3.05, 3.63) is 64.7 Å². The number of methoxy groups -OCH3 is 1. The number of ether oxygens (including phenoxy) is 1. The van der Waals surface area contributed by atoms with Crippen LogP contribution in [0.1, 0.15) is 16.7 Å². The Bertz CT molecular complexity index is 622. The van der Waals surface area contributed by atoms with Crippen molar-refractivity contribution in [3.8, 4) is 11.8 Å². The van der Waals surface area contributed by atoms with Crippen LogP contribution in [0.4, 0.5) is 8.78 Å². The van der Waals surface area contributed by atoms with E-state index in [4.69, 9.17) is 10.00 Å². The van der Waals surface area contributed by atoms with Crippen molar-refractivity contribution in [3.63, 3.8) is 0 Å². The summed E-state index contributed by atoms with van der Waals surface area (Å²) in [4.78, 5) is 0. The maximum Gasteiger partial charge on any atom is 0.144 e. The maximum atomic E-state index is 13.5. The van der Waals surface area contributed by atoms with Gasteiger partial charge in [-0.25, -0.2) is 8.78 Å². The summed E-state index contributed by atoms with van der Waals surface area (Å²) in [6, 6.07) is 11.4. The molecule has 0 N–H and O–H groups in total. The van der Waals surface area contributed by atoms with Crippen LogP contribution in [-0.2, 0) is 12.8 Å². The quantitative estimate of drug-likeness (QED) is 0.852. The van der Waals surface area contributed by atoms with Gasteiger partial charge in [-0.2, -0.15) is 5.26 Å². The van der Waals surface area contributed by atoms with Gasteiger partial charge in [0, 0.05) is 0 Å². The van der Waals surface area contributed by atoms with E-state index < -0.39 is 17.2 Å². The monoisotopic (exact) mass is 273 g/mol. The number of hydrogen-bond donors (Lipinski definition) is 0. The average Bonchev–Trinajstić information content (AvgIpc) is 2.45. The third-order valence-electron chi connectivity index (χ3n) is 3.08. The van der Waals surface area contributed by atoms with E-state index >= 15 is 0 Å². The first-order chi connectivity index (χ1) is 9.63. The van der Waals surface area contributed by atoms with Crippen LogP contribution in [0.3, 0.4) is 0 Å². The summed E-state index contributed by atoms with van der Waals surface area (Å²) in [6.45, 7) is 0. The van der Waals surface area contributed by atoms with Crippen molar-refractivity contribution >= 4 is 0 Å². The first-order valence-electron chi connectivity index (χ1n) is 6.15. The predicted molar refractivity (Wildman–Crippen MR) is 71.5 cm³/mol. The van der Waals surface area contributed by atoms with Gasteiger partial charge in [-0.1, -0.05) is 12.1 Å². The zero-order valence-corrected chi connectivity index (χ0v) is 11.0. The number of halogens is 2. The van der Waals surface area contributed by atoms with Crippen LogP contribution in [0.25, 0.3) is 0 Å². The highest BCUT2D eigenvalue weighted by Crippen LogP contribution is 2.17. The molecule has 0 aromatic heterocycles.